The van der Waals surface area contributed by atoms with E-state index in [0.29, 0.717) is 11.3 Å². The Kier molecular flexibility index (Phi) is 3.07. The number of rotatable bonds is 2. The van der Waals surface area contributed by atoms with Gasteiger partial charge < -0.3 is 4.74 Å². The lowest BCUT2D eigenvalue weighted by Crippen LogP contribution is -2.09. The van der Waals surface area contributed by atoms with E-state index in [4.69, 9.17) is 4.74 Å². The Hall–Kier alpha value is -1.57. The Balaban J connectivity index is 2.93. The van der Waals surface area contributed by atoms with E-state index >= 15 is 0 Å². The fourth-order valence-corrected chi connectivity index (χ4v) is 1.02. The van der Waals surface area contributed by atoms with Gasteiger partial charge in [0.2, 0.25) is 0 Å². The van der Waals surface area contributed by atoms with Crippen LogP contribution >= 0.6 is 0 Å². The smallest absolute Gasteiger partial charge is 0.338 e. The first-order valence-corrected chi connectivity index (χ1v) is 4.46. The number of benzene rings is 1. The van der Waals surface area contributed by atoms with Crippen LogP contribution in [0, 0.1) is 13.8 Å². The molecule has 0 fully saturated rings. The molecule has 0 unspecified atom stereocenters. The SMILES string of the molecule is C=C(C)C(=O)Oc1cccc(C)c1C. The molecule has 0 saturated heterocycles. The lowest BCUT2D eigenvalue weighted by molar-refractivity contribution is -0.130. The van der Waals surface area contributed by atoms with Crippen molar-refractivity contribution < 1.29 is 9.53 Å². The molecule has 0 heterocycles. The minimum absolute atomic E-state index is 0.376. The van der Waals surface area contributed by atoms with Gasteiger partial charge in [-0.3, -0.25) is 0 Å². The highest BCUT2D eigenvalue weighted by Gasteiger charge is 2.08. The molecule has 0 radical (unpaired) electrons. The Morgan fingerprint density at radius 1 is 1.36 bits per heavy atom. The van der Waals surface area contributed by atoms with Gasteiger partial charge in [0.1, 0.15) is 5.75 Å². The number of carbonyl (C=O) groups excluding carboxylic acids is 1. The fourth-order valence-electron chi connectivity index (χ4n) is 1.02. The molecule has 1 rings (SSSR count). The molecule has 2 heteroatoms. The fraction of sp³-hybridized carbons (Fsp3) is 0.250. The summed E-state index contributed by atoms with van der Waals surface area (Å²) in [5.41, 5.74) is 2.50. The second-order valence-corrected chi connectivity index (χ2v) is 3.37. The number of aryl methyl sites for hydroxylation is 1. The zero-order chi connectivity index (χ0) is 10.7. The van der Waals surface area contributed by atoms with Gasteiger partial charge >= 0.3 is 5.97 Å². The van der Waals surface area contributed by atoms with Crippen LogP contribution in [0.4, 0.5) is 0 Å². The molecule has 0 saturated carbocycles. The van der Waals surface area contributed by atoms with Gasteiger partial charge in [0.15, 0.2) is 0 Å². The average Bonchev–Trinajstić information content (AvgIpc) is 2.12. The third kappa shape index (κ3) is 2.22. The van der Waals surface area contributed by atoms with Crippen LogP contribution in [0.1, 0.15) is 18.1 Å². The van der Waals surface area contributed by atoms with Gasteiger partial charge in [-0.1, -0.05) is 18.7 Å². The maximum Gasteiger partial charge on any atom is 0.338 e. The van der Waals surface area contributed by atoms with Gasteiger partial charge in [0, 0.05) is 5.57 Å². The molecule has 0 aliphatic heterocycles. The van der Waals surface area contributed by atoms with Gasteiger partial charge in [-0.05, 0) is 38.0 Å². The molecule has 74 valence electrons. The molecule has 0 atom stereocenters. The van der Waals surface area contributed by atoms with Crippen molar-refractivity contribution in [2.45, 2.75) is 20.8 Å². The largest absolute Gasteiger partial charge is 0.423 e. The van der Waals surface area contributed by atoms with Crippen LogP contribution in [0.5, 0.6) is 5.75 Å². The third-order valence-electron chi connectivity index (χ3n) is 2.11. The summed E-state index contributed by atoms with van der Waals surface area (Å²) in [5.74, 6) is 0.233. The van der Waals surface area contributed by atoms with Crippen LogP contribution in [-0.4, -0.2) is 5.97 Å². The molecule has 0 aliphatic carbocycles. The first-order valence-electron chi connectivity index (χ1n) is 4.46. The Labute approximate surface area is 84.2 Å². The van der Waals surface area contributed by atoms with Crippen LogP contribution in [0.2, 0.25) is 0 Å². The Bertz CT molecular complexity index is 378. The minimum Gasteiger partial charge on any atom is -0.423 e. The number of hydrogen-bond acceptors (Lipinski definition) is 2. The van der Waals surface area contributed by atoms with E-state index in [1.165, 1.54) is 0 Å². The van der Waals surface area contributed by atoms with Crippen molar-refractivity contribution >= 4 is 5.97 Å². The second kappa shape index (κ2) is 4.09. The van der Waals surface area contributed by atoms with E-state index in [2.05, 4.69) is 6.58 Å². The summed E-state index contributed by atoms with van der Waals surface area (Å²) in [6.45, 7) is 9.07. The molecule has 2 nitrogen and oxygen atoms in total. The van der Waals surface area contributed by atoms with Crippen molar-refractivity contribution in [3.63, 3.8) is 0 Å². The van der Waals surface area contributed by atoms with Crippen molar-refractivity contribution in [3.8, 4) is 5.75 Å². The van der Waals surface area contributed by atoms with Gasteiger partial charge in [0.25, 0.3) is 0 Å². The van der Waals surface area contributed by atoms with E-state index in [0.717, 1.165) is 11.1 Å². The predicted molar refractivity (Wildman–Crippen MR) is 56.4 cm³/mol. The van der Waals surface area contributed by atoms with Crippen LogP contribution < -0.4 is 4.74 Å². The highest BCUT2D eigenvalue weighted by molar-refractivity contribution is 5.88. The highest BCUT2D eigenvalue weighted by Crippen LogP contribution is 2.21. The number of esters is 1. The normalized spacial score (nSPS) is 9.64. The van der Waals surface area contributed by atoms with Crippen LogP contribution in [0.15, 0.2) is 30.4 Å². The quantitative estimate of drug-likeness (QED) is 0.407. The predicted octanol–water partition coefficient (Wildman–Crippen LogP) is 2.78. The van der Waals surface area contributed by atoms with Crippen molar-refractivity contribution in [1.82, 2.24) is 0 Å². The van der Waals surface area contributed by atoms with Crippen molar-refractivity contribution in [3.05, 3.63) is 41.5 Å². The van der Waals surface area contributed by atoms with Crippen molar-refractivity contribution in [1.29, 1.82) is 0 Å². The zero-order valence-electron chi connectivity index (χ0n) is 8.76. The van der Waals surface area contributed by atoms with E-state index in [1.807, 2.05) is 26.0 Å². The summed E-state index contributed by atoms with van der Waals surface area (Å²) in [6.07, 6.45) is 0. The van der Waals surface area contributed by atoms with Crippen LogP contribution in [-0.2, 0) is 4.79 Å². The first-order chi connectivity index (χ1) is 6.52. The third-order valence-corrected chi connectivity index (χ3v) is 2.11. The maximum atomic E-state index is 11.3. The lowest BCUT2D eigenvalue weighted by atomic mass is 10.1. The van der Waals surface area contributed by atoms with Crippen LogP contribution in [0.25, 0.3) is 0 Å². The molecule has 0 N–H and O–H groups in total. The monoisotopic (exact) mass is 190 g/mol. The summed E-state index contributed by atoms with van der Waals surface area (Å²) >= 11 is 0. The van der Waals surface area contributed by atoms with E-state index < -0.39 is 0 Å². The zero-order valence-corrected chi connectivity index (χ0v) is 8.76. The Morgan fingerprint density at radius 3 is 2.57 bits per heavy atom. The summed E-state index contributed by atoms with van der Waals surface area (Å²) in [4.78, 5) is 11.3. The second-order valence-electron chi connectivity index (χ2n) is 3.37. The molecule has 14 heavy (non-hydrogen) atoms. The summed E-state index contributed by atoms with van der Waals surface area (Å²) in [7, 11) is 0. The summed E-state index contributed by atoms with van der Waals surface area (Å²) < 4.78 is 5.15. The van der Waals surface area contributed by atoms with E-state index in [9.17, 15) is 4.79 Å². The standard InChI is InChI=1S/C12H14O2/c1-8(2)12(13)14-11-7-5-6-9(3)10(11)4/h5-7H,1H2,2-4H3. The Morgan fingerprint density at radius 2 is 2.00 bits per heavy atom. The molecular weight excluding hydrogens is 176 g/mol. The molecule has 0 spiro atoms. The molecule has 1 aromatic carbocycles. The van der Waals surface area contributed by atoms with E-state index in [1.54, 1.807) is 13.0 Å². The van der Waals surface area contributed by atoms with Crippen molar-refractivity contribution in [2.75, 3.05) is 0 Å². The molecule has 0 aliphatic rings. The molecular formula is C12H14O2. The van der Waals surface area contributed by atoms with Gasteiger partial charge in [-0.25, -0.2) is 4.79 Å². The topological polar surface area (TPSA) is 26.3 Å². The average molecular weight is 190 g/mol. The number of carbonyl (C=O) groups is 1. The van der Waals surface area contributed by atoms with Gasteiger partial charge in [-0.2, -0.15) is 0 Å². The summed E-state index contributed by atoms with van der Waals surface area (Å²) in [6, 6.07) is 5.62. The van der Waals surface area contributed by atoms with Gasteiger partial charge in [0.05, 0.1) is 0 Å². The summed E-state index contributed by atoms with van der Waals surface area (Å²) in [5, 5.41) is 0. The van der Waals surface area contributed by atoms with E-state index in [-0.39, 0.29) is 5.97 Å². The van der Waals surface area contributed by atoms with Crippen LogP contribution in [0.3, 0.4) is 0 Å². The van der Waals surface area contributed by atoms with Crippen molar-refractivity contribution in [2.24, 2.45) is 0 Å². The number of hydrogen-bond donors (Lipinski definition) is 0. The molecule has 0 amide bonds. The lowest BCUT2D eigenvalue weighted by Gasteiger charge is -2.08. The highest BCUT2D eigenvalue weighted by atomic mass is 16.5. The van der Waals surface area contributed by atoms with Gasteiger partial charge in [-0.15, -0.1) is 0 Å². The maximum absolute atomic E-state index is 11.3. The number of ether oxygens (including phenoxy) is 1. The molecule has 1 aromatic rings. The first kappa shape index (κ1) is 10.5. The minimum atomic E-state index is -0.376. The molecule has 0 bridgehead atoms. The molecule has 0 aromatic heterocycles.